The van der Waals surface area contributed by atoms with E-state index in [1.807, 2.05) is 47.4 Å². The molecule has 9 heteroatoms. The van der Waals surface area contributed by atoms with E-state index in [0.29, 0.717) is 31.2 Å². The lowest BCUT2D eigenvalue weighted by Crippen LogP contribution is -2.54. The zero-order valence-electron chi connectivity index (χ0n) is 17.3. The third-order valence-corrected chi connectivity index (χ3v) is 5.58. The minimum atomic E-state index is -0.568. The Hall–Kier alpha value is -3.13. The topological polar surface area (TPSA) is 78.3 Å². The second-order valence-electron chi connectivity index (χ2n) is 7.31. The molecule has 162 valence electrons. The number of para-hydroxylation sites is 1. The summed E-state index contributed by atoms with van der Waals surface area (Å²) in [5.74, 6) is 0.323. The zero-order chi connectivity index (χ0) is 21.8. The third-order valence-electron chi connectivity index (χ3n) is 5.35. The van der Waals surface area contributed by atoms with Crippen LogP contribution in [0.2, 0.25) is 5.02 Å². The molecule has 2 aliphatic heterocycles. The number of halogens is 1. The molecule has 1 unspecified atom stereocenters. The number of carbonyl (C=O) groups is 2. The molecule has 1 amide bonds. The van der Waals surface area contributed by atoms with Crippen molar-refractivity contribution in [2.24, 2.45) is 5.10 Å². The lowest BCUT2D eigenvalue weighted by atomic mass is 10.1. The Labute approximate surface area is 186 Å². The number of rotatable bonds is 5. The van der Waals surface area contributed by atoms with Gasteiger partial charge >= 0.3 is 5.97 Å². The predicted molar refractivity (Wildman–Crippen MR) is 119 cm³/mol. The molecule has 3 heterocycles. The van der Waals surface area contributed by atoms with Crippen LogP contribution in [-0.4, -0.2) is 66.3 Å². The average molecular weight is 442 g/mol. The summed E-state index contributed by atoms with van der Waals surface area (Å²) in [5, 5.41) is 6.68. The number of carbonyl (C=O) groups excluding carboxylic acids is 2. The molecule has 0 aliphatic carbocycles. The smallest absolute Gasteiger partial charge is 0.354 e. The first-order valence-corrected chi connectivity index (χ1v) is 10.7. The number of piperazine rings is 1. The molecule has 0 N–H and O–H groups in total. The lowest BCUT2D eigenvalue weighted by Gasteiger charge is -2.37. The van der Waals surface area contributed by atoms with Crippen LogP contribution in [0.15, 0.2) is 53.8 Å². The number of hydrogen-bond acceptors (Lipinski definition) is 7. The molecule has 4 rings (SSSR count). The number of hydrogen-bond donors (Lipinski definition) is 0. The van der Waals surface area contributed by atoms with Crippen LogP contribution in [0.1, 0.15) is 13.3 Å². The predicted octanol–water partition coefficient (Wildman–Crippen LogP) is 2.58. The van der Waals surface area contributed by atoms with Gasteiger partial charge in [-0.05, 0) is 31.2 Å². The molecular formula is C22H24ClN5O3. The van der Waals surface area contributed by atoms with Gasteiger partial charge in [0.2, 0.25) is 5.91 Å². The van der Waals surface area contributed by atoms with E-state index in [4.69, 9.17) is 16.3 Å². The van der Waals surface area contributed by atoms with Gasteiger partial charge in [-0.15, -0.1) is 0 Å². The van der Waals surface area contributed by atoms with Gasteiger partial charge in [-0.3, -0.25) is 9.80 Å². The Kier molecular flexibility index (Phi) is 6.36. The number of hydrazone groups is 1. The number of nitrogens with zero attached hydrogens (tertiary/aromatic N) is 5. The lowest BCUT2D eigenvalue weighted by molar-refractivity contribution is -0.135. The second-order valence-corrected chi connectivity index (χ2v) is 7.75. The van der Waals surface area contributed by atoms with Gasteiger partial charge in [-0.2, -0.15) is 5.10 Å². The Morgan fingerprint density at radius 1 is 1.10 bits per heavy atom. The Morgan fingerprint density at radius 2 is 1.84 bits per heavy atom. The number of ether oxygens (including phenoxy) is 1. The first-order chi connectivity index (χ1) is 15.1. The van der Waals surface area contributed by atoms with Gasteiger partial charge in [0.1, 0.15) is 17.6 Å². The van der Waals surface area contributed by atoms with Crippen LogP contribution in [0.5, 0.6) is 0 Å². The highest BCUT2D eigenvalue weighted by atomic mass is 35.5. The second kappa shape index (κ2) is 9.34. The van der Waals surface area contributed by atoms with E-state index in [1.165, 1.54) is 0 Å². The third kappa shape index (κ3) is 4.64. The molecule has 1 atom stereocenters. The van der Waals surface area contributed by atoms with E-state index in [0.717, 1.165) is 11.5 Å². The fraction of sp³-hybridized carbons (Fsp3) is 0.364. The van der Waals surface area contributed by atoms with Crippen molar-refractivity contribution in [1.29, 1.82) is 0 Å². The van der Waals surface area contributed by atoms with Crippen molar-refractivity contribution in [3.63, 3.8) is 0 Å². The molecule has 2 aliphatic rings. The van der Waals surface area contributed by atoms with Gasteiger partial charge in [-0.1, -0.05) is 29.8 Å². The highest BCUT2D eigenvalue weighted by Gasteiger charge is 2.39. The molecule has 8 nitrogen and oxygen atoms in total. The van der Waals surface area contributed by atoms with Crippen molar-refractivity contribution in [2.75, 3.05) is 42.7 Å². The van der Waals surface area contributed by atoms with Crippen molar-refractivity contribution in [3.05, 3.63) is 53.7 Å². The van der Waals surface area contributed by atoms with E-state index in [9.17, 15) is 9.59 Å². The van der Waals surface area contributed by atoms with Gasteiger partial charge in [0.15, 0.2) is 0 Å². The van der Waals surface area contributed by atoms with Gasteiger partial charge in [0, 0.05) is 38.8 Å². The van der Waals surface area contributed by atoms with Crippen LogP contribution in [0, 0.1) is 0 Å². The Morgan fingerprint density at radius 3 is 2.48 bits per heavy atom. The molecule has 1 saturated heterocycles. The van der Waals surface area contributed by atoms with Crippen molar-refractivity contribution in [3.8, 4) is 0 Å². The largest absolute Gasteiger partial charge is 0.461 e. The summed E-state index contributed by atoms with van der Waals surface area (Å²) in [6.07, 6.45) is 1.85. The van der Waals surface area contributed by atoms with Crippen LogP contribution in [0.25, 0.3) is 0 Å². The van der Waals surface area contributed by atoms with E-state index in [-0.39, 0.29) is 24.6 Å². The number of esters is 1. The first-order valence-electron chi connectivity index (χ1n) is 10.3. The summed E-state index contributed by atoms with van der Waals surface area (Å²) in [6, 6.07) is 12.5. The number of amides is 1. The highest BCUT2D eigenvalue weighted by molar-refractivity contribution is 6.38. The maximum absolute atomic E-state index is 13.4. The van der Waals surface area contributed by atoms with Crippen LogP contribution in [0.3, 0.4) is 0 Å². The Balaban J connectivity index is 1.46. The summed E-state index contributed by atoms with van der Waals surface area (Å²) in [4.78, 5) is 34.0. The van der Waals surface area contributed by atoms with Gasteiger partial charge < -0.3 is 14.5 Å². The first kappa shape index (κ1) is 21.1. The number of pyridine rings is 1. The molecule has 1 aromatic carbocycles. The van der Waals surface area contributed by atoms with Gasteiger partial charge in [0.05, 0.1) is 17.3 Å². The van der Waals surface area contributed by atoms with E-state index in [2.05, 4.69) is 15.0 Å². The average Bonchev–Trinajstić information content (AvgIpc) is 3.26. The molecule has 1 aromatic heterocycles. The van der Waals surface area contributed by atoms with Crippen LogP contribution < -0.4 is 9.91 Å². The summed E-state index contributed by atoms with van der Waals surface area (Å²) < 4.78 is 5.11. The molecule has 2 aromatic rings. The maximum atomic E-state index is 13.4. The monoisotopic (exact) mass is 441 g/mol. The van der Waals surface area contributed by atoms with Crippen molar-refractivity contribution >= 4 is 40.7 Å². The fourth-order valence-electron chi connectivity index (χ4n) is 3.78. The summed E-state index contributed by atoms with van der Waals surface area (Å²) in [5.41, 5.74) is 1.04. The molecule has 0 bridgehead atoms. The molecule has 0 radical (unpaired) electrons. The number of aromatic nitrogens is 1. The number of anilines is 2. The molecule has 31 heavy (non-hydrogen) atoms. The highest BCUT2D eigenvalue weighted by Crippen LogP contribution is 2.27. The SMILES string of the molecule is CCOC(=O)C1=NN(c2ccccc2)C(C(=O)N2CCN(c3ccc(Cl)cn3)CC2)C1. The van der Waals surface area contributed by atoms with Crippen molar-refractivity contribution < 1.29 is 14.3 Å². The molecule has 1 fully saturated rings. The minimum Gasteiger partial charge on any atom is -0.461 e. The summed E-state index contributed by atoms with van der Waals surface area (Å²) in [6.45, 7) is 4.49. The number of benzene rings is 1. The summed E-state index contributed by atoms with van der Waals surface area (Å²) in [7, 11) is 0. The molecule has 0 spiro atoms. The van der Waals surface area contributed by atoms with Crippen molar-refractivity contribution in [2.45, 2.75) is 19.4 Å². The van der Waals surface area contributed by atoms with Crippen molar-refractivity contribution in [1.82, 2.24) is 9.88 Å². The fourth-order valence-corrected chi connectivity index (χ4v) is 3.89. The molecule has 0 saturated carbocycles. The maximum Gasteiger partial charge on any atom is 0.354 e. The zero-order valence-corrected chi connectivity index (χ0v) is 18.0. The van der Waals surface area contributed by atoms with Gasteiger partial charge in [-0.25, -0.2) is 9.78 Å². The Bertz CT molecular complexity index is 959. The minimum absolute atomic E-state index is 0.0457. The molecular weight excluding hydrogens is 418 g/mol. The van der Waals surface area contributed by atoms with Crippen LogP contribution in [0.4, 0.5) is 11.5 Å². The van der Waals surface area contributed by atoms with E-state index >= 15 is 0 Å². The van der Waals surface area contributed by atoms with Gasteiger partial charge in [0.25, 0.3) is 0 Å². The van der Waals surface area contributed by atoms with Crippen LogP contribution in [-0.2, 0) is 14.3 Å². The van der Waals surface area contributed by atoms with E-state index < -0.39 is 12.0 Å². The van der Waals surface area contributed by atoms with E-state index in [1.54, 1.807) is 18.1 Å². The standard InChI is InChI=1S/C22H24ClN5O3/c1-2-31-22(30)18-14-19(28(25-18)17-6-4-3-5-7-17)21(29)27-12-10-26(11-13-27)20-9-8-16(23)15-24-20/h3-9,15,19H,2,10-14H2,1H3. The van der Waals surface area contributed by atoms with Crippen LogP contribution >= 0.6 is 11.6 Å². The summed E-state index contributed by atoms with van der Waals surface area (Å²) >= 11 is 5.92. The normalized spacial score (nSPS) is 18.7. The quantitative estimate of drug-likeness (QED) is 0.663.